The van der Waals surface area contributed by atoms with Gasteiger partial charge in [-0.25, -0.2) is 8.42 Å². The molecule has 1 saturated heterocycles. The average molecular weight is 502 g/mol. The molecule has 1 N–H and O–H groups in total. The molecule has 1 amide bonds. The van der Waals surface area contributed by atoms with Crippen molar-refractivity contribution >= 4 is 21.6 Å². The minimum atomic E-state index is -3.60. The molecule has 8 nitrogen and oxygen atoms in total. The molecule has 0 unspecified atom stereocenters. The van der Waals surface area contributed by atoms with Gasteiger partial charge in [-0.15, -0.1) is 0 Å². The molecular formula is C26H35N3O5S. The summed E-state index contributed by atoms with van der Waals surface area (Å²) in [6, 6.07) is 13.6. The predicted molar refractivity (Wildman–Crippen MR) is 136 cm³/mol. The molecule has 4 rings (SSSR count). The molecule has 2 heterocycles. The summed E-state index contributed by atoms with van der Waals surface area (Å²) in [4.78, 5) is 15.3. The Balaban J connectivity index is 1.44. The molecule has 1 fully saturated rings. The third kappa shape index (κ3) is 6.34. The largest absolute Gasteiger partial charge is 0.476 e. The average Bonchev–Trinajstić information content (AvgIpc) is 2.81. The van der Waals surface area contributed by atoms with Crippen LogP contribution in [-0.2, 0) is 38.1 Å². The van der Waals surface area contributed by atoms with Gasteiger partial charge in [0.2, 0.25) is 10.0 Å². The summed E-state index contributed by atoms with van der Waals surface area (Å²) < 4.78 is 37.8. The van der Waals surface area contributed by atoms with Crippen LogP contribution in [-0.4, -0.2) is 64.4 Å². The van der Waals surface area contributed by atoms with Crippen molar-refractivity contribution in [2.24, 2.45) is 0 Å². The van der Waals surface area contributed by atoms with Crippen LogP contribution in [0.15, 0.2) is 42.5 Å². The fourth-order valence-electron chi connectivity index (χ4n) is 4.33. The van der Waals surface area contributed by atoms with Gasteiger partial charge in [0.05, 0.1) is 31.7 Å². The van der Waals surface area contributed by atoms with Gasteiger partial charge in [0, 0.05) is 26.2 Å². The van der Waals surface area contributed by atoms with Gasteiger partial charge in [0.15, 0.2) is 6.10 Å². The van der Waals surface area contributed by atoms with E-state index in [1.165, 1.54) is 9.87 Å². The molecule has 0 aromatic heterocycles. The van der Waals surface area contributed by atoms with Crippen molar-refractivity contribution in [1.82, 2.24) is 10.2 Å². The van der Waals surface area contributed by atoms with Crippen LogP contribution in [0, 0.1) is 0 Å². The maximum absolute atomic E-state index is 13.0. The van der Waals surface area contributed by atoms with Gasteiger partial charge >= 0.3 is 0 Å². The second kappa shape index (κ2) is 10.2. The molecule has 0 bridgehead atoms. The zero-order valence-corrected chi connectivity index (χ0v) is 21.7. The van der Waals surface area contributed by atoms with Crippen LogP contribution in [0.5, 0.6) is 5.75 Å². The van der Waals surface area contributed by atoms with Crippen LogP contribution >= 0.6 is 0 Å². The highest BCUT2D eigenvalue weighted by atomic mass is 32.2. The first-order valence-corrected chi connectivity index (χ1v) is 13.8. The Morgan fingerprint density at radius 3 is 2.49 bits per heavy atom. The summed E-state index contributed by atoms with van der Waals surface area (Å²) in [6.45, 7) is 10.6. The Kier molecular flexibility index (Phi) is 7.40. The summed E-state index contributed by atoms with van der Waals surface area (Å²) in [7, 11) is -3.60. The summed E-state index contributed by atoms with van der Waals surface area (Å²) in [5.41, 5.74) is 3.48. The van der Waals surface area contributed by atoms with Crippen molar-refractivity contribution in [3.8, 4) is 5.75 Å². The number of amides is 1. The van der Waals surface area contributed by atoms with E-state index < -0.39 is 16.1 Å². The highest BCUT2D eigenvalue weighted by Crippen LogP contribution is 2.38. The lowest BCUT2D eigenvalue weighted by Gasteiger charge is -2.35. The number of rotatable bonds is 6. The Labute approximate surface area is 208 Å². The van der Waals surface area contributed by atoms with Gasteiger partial charge < -0.3 is 14.8 Å². The minimum Gasteiger partial charge on any atom is -0.476 e. The molecular weight excluding hydrogens is 466 g/mol. The van der Waals surface area contributed by atoms with E-state index in [1.807, 2.05) is 24.3 Å². The van der Waals surface area contributed by atoms with Crippen LogP contribution in [0.25, 0.3) is 0 Å². The first-order valence-electron chi connectivity index (χ1n) is 12.0. The molecule has 0 radical (unpaired) electrons. The highest BCUT2D eigenvalue weighted by Gasteiger charge is 2.35. The summed E-state index contributed by atoms with van der Waals surface area (Å²) >= 11 is 0. The van der Waals surface area contributed by atoms with Crippen molar-refractivity contribution in [1.29, 1.82) is 0 Å². The first-order chi connectivity index (χ1) is 16.5. The van der Waals surface area contributed by atoms with Crippen molar-refractivity contribution in [2.45, 2.75) is 45.4 Å². The fourth-order valence-corrected chi connectivity index (χ4v) is 5.23. The topological polar surface area (TPSA) is 88.2 Å². The van der Waals surface area contributed by atoms with E-state index >= 15 is 0 Å². The number of hydrogen-bond donors (Lipinski definition) is 1. The monoisotopic (exact) mass is 501 g/mol. The number of benzene rings is 2. The molecule has 190 valence electrons. The molecule has 2 aromatic rings. The second-order valence-corrected chi connectivity index (χ2v) is 12.2. The number of carbonyl (C=O) groups is 1. The van der Waals surface area contributed by atoms with Crippen LogP contribution in [0.3, 0.4) is 0 Å². The summed E-state index contributed by atoms with van der Waals surface area (Å²) in [6.07, 6.45) is 0.218. The van der Waals surface area contributed by atoms with E-state index in [2.05, 4.69) is 43.1 Å². The molecule has 9 heteroatoms. The van der Waals surface area contributed by atoms with Crippen LogP contribution in [0.1, 0.15) is 37.5 Å². The van der Waals surface area contributed by atoms with Crippen molar-refractivity contribution in [3.63, 3.8) is 0 Å². The van der Waals surface area contributed by atoms with Gasteiger partial charge in [-0.05, 0) is 34.2 Å². The normalized spacial score (nSPS) is 19.1. The Morgan fingerprint density at radius 1 is 1.09 bits per heavy atom. The van der Waals surface area contributed by atoms with E-state index in [4.69, 9.17) is 9.47 Å². The first kappa shape index (κ1) is 25.5. The second-order valence-electron chi connectivity index (χ2n) is 10.3. The van der Waals surface area contributed by atoms with E-state index in [-0.39, 0.29) is 17.9 Å². The number of hydrogen-bond acceptors (Lipinski definition) is 6. The van der Waals surface area contributed by atoms with Gasteiger partial charge in [0.1, 0.15) is 5.75 Å². The molecule has 0 saturated carbocycles. The van der Waals surface area contributed by atoms with E-state index in [9.17, 15) is 13.2 Å². The Bertz CT molecular complexity index is 1170. The third-order valence-corrected chi connectivity index (χ3v) is 7.50. The van der Waals surface area contributed by atoms with Crippen LogP contribution < -0.4 is 14.4 Å². The third-order valence-electron chi connectivity index (χ3n) is 6.36. The van der Waals surface area contributed by atoms with Crippen LogP contribution in [0.2, 0.25) is 0 Å². The molecule has 0 aliphatic carbocycles. The lowest BCUT2D eigenvalue weighted by Crippen LogP contribution is -2.50. The molecule has 35 heavy (non-hydrogen) atoms. The lowest BCUT2D eigenvalue weighted by atomic mass is 9.86. The number of ether oxygens (including phenoxy) is 2. The Morgan fingerprint density at radius 2 is 1.80 bits per heavy atom. The molecule has 2 aliphatic rings. The summed E-state index contributed by atoms with van der Waals surface area (Å²) in [5, 5.41) is 2.92. The van der Waals surface area contributed by atoms with Gasteiger partial charge in [0.25, 0.3) is 5.91 Å². The zero-order valence-electron chi connectivity index (χ0n) is 20.9. The molecule has 0 spiro atoms. The van der Waals surface area contributed by atoms with Crippen molar-refractivity contribution < 1.29 is 22.7 Å². The summed E-state index contributed by atoms with van der Waals surface area (Å²) in [5.74, 6) is 0.0464. The van der Waals surface area contributed by atoms with Crippen LogP contribution in [0.4, 0.5) is 5.69 Å². The number of nitrogens with zero attached hydrogens (tertiary/aromatic N) is 2. The lowest BCUT2D eigenvalue weighted by molar-refractivity contribution is -0.127. The molecule has 2 aliphatic heterocycles. The maximum Gasteiger partial charge on any atom is 0.263 e. The standard InChI is InChI=1S/C26H35N3O5S/c1-26(2,3)21-8-9-23-22(15-21)29(35(4,31)32)18-24(34-23)25(30)27-16-19-6-5-7-20(14-19)17-28-10-12-33-13-11-28/h5-9,14-15,24H,10-13,16-18H2,1-4H3,(H,27,30)/t24-/m1/s1. The number of sulfonamides is 1. The van der Waals surface area contributed by atoms with E-state index in [0.717, 1.165) is 50.2 Å². The predicted octanol–water partition coefficient (Wildman–Crippen LogP) is 2.66. The molecule has 1 atom stereocenters. The number of anilines is 1. The number of nitrogens with one attached hydrogen (secondary N) is 1. The van der Waals surface area contributed by atoms with E-state index in [0.29, 0.717) is 18.0 Å². The van der Waals surface area contributed by atoms with E-state index in [1.54, 1.807) is 6.07 Å². The fraction of sp³-hybridized carbons (Fsp3) is 0.500. The van der Waals surface area contributed by atoms with Crippen molar-refractivity contribution in [2.75, 3.05) is 43.4 Å². The van der Waals surface area contributed by atoms with Gasteiger partial charge in [-0.1, -0.05) is 51.1 Å². The van der Waals surface area contributed by atoms with Gasteiger partial charge in [-0.2, -0.15) is 0 Å². The zero-order chi connectivity index (χ0) is 25.2. The Hall–Kier alpha value is -2.62. The molecule has 2 aromatic carbocycles. The SMILES string of the molecule is CC(C)(C)c1ccc2c(c1)N(S(C)(=O)=O)C[C@H](C(=O)NCc1cccc(CN3CCOCC3)c1)O2. The number of carbonyl (C=O) groups excluding carboxylic acids is 1. The quantitative estimate of drug-likeness (QED) is 0.655. The smallest absolute Gasteiger partial charge is 0.263 e. The van der Waals surface area contributed by atoms with Crippen molar-refractivity contribution in [3.05, 3.63) is 59.2 Å². The highest BCUT2D eigenvalue weighted by molar-refractivity contribution is 7.92. The van der Waals surface area contributed by atoms with Gasteiger partial charge in [-0.3, -0.25) is 14.0 Å². The maximum atomic E-state index is 13.0. The number of fused-ring (bicyclic) bond motifs is 1. The minimum absolute atomic E-state index is 0.0671. The number of morpholine rings is 1.